The number of rotatable bonds is 3. The van der Waals surface area contributed by atoms with E-state index in [0.717, 1.165) is 39.7 Å². The molecule has 7 nitrogen and oxygen atoms in total. The Morgan fingerprint density at radius 2 is 2.04 bits per heavy atom. The Balaban J connectivity index is 2.07. The molecule has 1 aromatic carbocycles. The summed E-state index contributed by atoms with van der Waals surface area (Å²) in [6.07, 6.45) is 5.32. The summed E-state index contributed by atoms with van der Waals surface area (Å²) in [6.45, 7) is 0. The van der Waals surface area contributed by atoms with Crippen LogP contribution in [0.25, 0.3) is 22.2 Å². The minimum absolute atomic E-state index is 0.0982. The summed E-state index contributed by atoms with van der Waals surface area (Å²) < 4.78 is 0. The molecule has 0 aliphatic heterocycles. The molecule has 0 amide bonds. The number of hydrogen-bond acceptors (Lipinski definition) is 6. The van der Waals surface area contributed by atoms with Gasteiger partial charge in [0.05, 0.1) is 18.1 Å². The van der Waals surface area contributed by atoms with E-state index in [1.165, 1.54) is 0 Å². The van der Waals surface area contributed by atoms with Crippen LogP contribution in [0.5, 0.6) is 0 Å². The number of nitrogens with two attached hydrogens (primary N) is 1. The van der Waals surface area contributed by atoms with Gasteiger partial charge >= 0.3 is 0 Å². The fourth-order valence-electron chi connectivity index (χ4n) is 2.34. The average molecular weight is 339 g/mol. The molecule has 8 heteroatoms. The van der Waals surface area contributed by atoms with Crippen molar-refractivity contribution in [1.29, 1.82) is 10.8 Å². The van der Waals surface area contributed by atoms with Gasteiger partial charge in [-0.3, -0.25) is 15.8 Å². The lowest BCUT2D eigenvalue weighted by Gasteiger charge is -2.11. The largest absolute Gasteiger partial charge is 0.378 e. The molecule has 3 rings (SSSR count). The lowest BCUT2D eigenvalue weighted by molar-refractivity contribution is 1.04. The highest BCUT2D eigenvalue weighted by molar-refractivity contribution is 8.26. The van der Waals surface area contributed by atoms with Gasteiger partial charge in [-0.15, -0.1) is 0 Å². The number of hydrogen-bond donors (Lipinski definition) is 4. The van der Waals surface area contributed by atoms with Crippen LogP contribution >= 0.6 is 11.8 Å². The standard InChI is InChI=1S/C16H17N7S/c1-23(2)14-8-20-7-13(22-14)11-6-21-12-4-3-9(5-10(11)12)15(17)24-16(18)19/h3-8,17,21H,1-2H3,(H3,18,19). The van der Waals surface area contributed by atoms with E-state index in [2.05, 4.69) is 15.0 Å². The van der Waals surface area contributed by atoms with E-state index in [9.17, 15) is 0 Å². The molecule has 0 aliphatic rings. The van der Waals surface area contributed by atoms with Crippen LogP contribution in [0.4, 0.5) is 5.82 Å². The summed E-state index contributed by atoms with van der Waals surface area (Å²) in [5, 5.41) is 16.5. The number of nitrogens with zero attached hydrogens (tertiary/aromatic N) is 3. The smallest absolute Gasteiger partial charge is 0.157 e. The third-order valence-corrected chi connectivity index (χ3v) is 4.17. The van der Waals surface area contributed by atoms with Crippen molar-refractivity contribution in [2.75, 3.05) is 19.0 Å². The maximum atomic E-state index is 8.05. The predicted octanol–water partition coefficient (Wildman–Crippen LogP) is 2.64. The summed E-state index contributed by atoms with van der Waals surface area (Å²) in [5.41, 5.74) is 8.70. The molecule has 2 aromatic heterocycles. The number of H-pyrrole nitrogens is 1. The summed E-state index contributed by atoms with van der Waals surface area (Å²) in [5.74, 6) is 0.776. The molecule has 2 heterocycles. The van der Waals surface area contributed by atoms with Gasteiger partial charge in [0.15, 0.2) is 5.17 Å². The van der Waals surface area contributed by atoms with Crippen LogP contribution in [0.1, 0.15) is 5.56 Å². The first-order valence-corrected chi connectivity index (χ1v) is 7.99. The van der Waals surface area contributed by atoms with Gasteiger partial charge in [-0.2, -0.15) is 0 Å². The van der Waals surface area contributed by atoms with Gasteiger partial charge in [-0.25, -0.2) is 4.98 Å². The molecule has 0 spiro atoms. The van der Waals surface area contributed by atoms with Crippen molar-refractivity contribution >= 4 is 38.7 Å². The maximum Gasteiger partial charge on any atom is 0.157 e. The third kappa shape index (κ3) is 3.09. The molecule has 0 saturated carbocycles. The third-order valence-electron chi connectivity index (χ3n) is 3.51. The Kier molecular flexibility index (Phi) is 4.22. The molecule has 5 N–H and O–H groups in total. The number of fused-ring (bicyclic) bond motifs is 1. The average Bonchev–Trinajstić information content (AvgIpc) is 2.97. The van der Waals surface area contributed by atoms with Crippen molar-refractivity contribution < 1.29 is 0 Å². The molecule has 0 aliphatic carbocycles. The second-order valence-electron chi connectivity index (χ2n) is 5.42. The lowest BCUT2D eigenvalue weighted by atomic mass is 10.1. The molecule has 0 saturated heterocycles. The number of anilines is 1. The second-order valence-corrected chi connectivity index (χ2v) is 6.47. The number of thioether (sulfide) groups is 1. The van der Waals surface area contributed by atoms with E-state index >= 15 is 0 Å². The summed E-state index contributed by atoms with van der Waals surface area (Å²) in [6, 6.07) is 5.65. The van der Waals surface area contributed by atoms with E-state index in [-0.39, 0.29) is 10.2 Å². The fraction of sp³-hybridized carbons (Fsp3) is 0.125. The van der Waals surface area contributed by atoms with Gasteiger partial charge in [0, 0.05) is 42.3 Å². The van der Waals surface area contributed by atoms with E-state index in [0.29, 0.717) is 5.56 Å². The summed E-state index contributed by atoms with van der Waals surface area (Å²) >= 11 is 0.926. The molecular formula is C16H17N7S. The van der Waals surface area contributed by atoms with E-state index in [1.54, 1.807) is 12.4 Å². The number of nitrogens with one attached hydrogen (secondary N) is 3. The Bertz CT molecular complexity index is 929. The summed E-state index contributed by atoms with van der Waals surface area (Å²) in [7, 11) is 3.84. The zero-order valence-corrected chi connectivity index (χ0v) is 14.1. The minimum Gasteiger partial charge on any atom is -0.378 e. The van der Waals surface area contributed by atoms with Crippen molar-refractivity contribution in [3.63, 3.8) is 0 Å². The molecule has 0 unspecified atom stereocenters. The highest BCUT2D eigenvalue weighted by Gasteiger charge is 2.12. The zero-order valence-electron chi connectivity index (χ0n) is 13.3. The molecule has 0 fully saturated rings. The Labute approximate surface area is 143 Å². The highest BCUT2D eigenvalue weighted by Crippen LogP contribution is 2.29. The summed E-state index contributed by atoms with van der Waals surface area (Å²) in [4.78, 5) is 14.0. The first-order valence-electron chi connectivity index (χ1n) is 7.17. The molecule has 3 aromatic rings. The molecule has 0 radical (unpaired) electrons. The normalized spacial score (nSPS) is 10.8. The number of amidine groups is 1. The number of benzene rings is 1. The van der Waals surface area contributed by atoms with Crippen LogP contribution in [0.15, 0.2) is 36.8 Å². The molecule has 0 atom stereocenters. The minimum atomic E-state index is -0.0982. The van der Waals surface area contributed by atoms with Crippen molar-refractivity contribution in [3.8, 4) is 11.3 Å². The van der Waals surface area contributed by atoms with Crippen LogP contribution in [-0.4, -0.2) is 39.3 Å². The molecule has 122 valence electrons. The van der Waals surface area contributed by atoms with Gasteiger partial charge in [0.1, 0.15) is 10.9 Å². The monoisotopic (exact) mass is 339 g/mol. The van der Waals surface area contributed by atoms with Crippen LogP contribution < -0.4 is 10.6 Å². The molecular weight excluding hydrogens is 322 g/mol. The molecule has 0 bridgehead atoms. The molecule has 24 heavy (non-hydrogen) atoms. The van der Waals surface area contributed by atoms with Gasteiger partial charge in [0.25, 0.3) is 0 Å². The predicted molar refractivity (Wildman–Crippen MR) is 100.0 cm³/mol. The second kappa shape index (κ2) is 6.32. The fourth-order valence-corrected chi connectivity index (χ4v) is 2.81. The first-order chi connectivity index (χ1) is 11.5. The van der Waals surface area contributed by atoms with E-state index in [4.69, 9.17) is 16.6 Å². The topological polar surface area (TPSA) is 119 Å². The SMILES string of the molecule is CN(C)c1cncc(-c2c[nH]c3ccc(C(=N)SC(=N)N)cc23)n1. The van der Waals surface area contributed by atoms with Gasteiger partial charge in [0.2, 0.25) is 0 Å². The van der Waals surface area contributed by atoms with Crippen molar-refractivity contribution in [1.82, 2.24) is 15.0 Å². The Morgan fingerprint density at radius 3 is 2.75 bits per heavy atom. The van der Waals surface area contributed by atoms with Crippen LogP contribution in [0, 0.1) is 10.8 Å². The maximum absolute atomic E-state index is 8.05. The van der Waals surface area contributed by atoms with E-state index in [1.807, 2.05) is 43.4 Å². The van der Waals surface area contributed by atoms with Crippen molar-refractivity contribution in [2.24, 2.45) is 5.73 Å². The number of aromatic amines is 1. The highest BCUT2D eigenvalue weighted by atomic mass is 32.2. The Hall–Kier alpha value is -2.87. The lowest BCUT2D eigenvalue weighted by Crippen LogP contribution is -2.11. The van der Waals surface area contributed by atoms with Crippen LogP contribution in [0.2, 0.25) is 0 Å². The Morgan fingerprint density at radius 1 is 1.25 bits per heavy atom. The van der Waals surface area contributed by atoms with Crippen LogP contribution in [-0.2, 0) is 0 Å². The number of aromatic nitrogens is 3. The van der Waals surface area contributed by atoms with Gasteiger partial charge in [-0.1, -0.05) is 6.07 Å². The first kappa shape index (κ1) is 16.0. The van der Waals surface area contributed by atoms with Crippen LogP contribution in [0.3, 0.4) is 0 Å². The quantitative estimate of drug-likeness (QED) is 0.432. The van der Waals surface area contributed by atoms with Crippen molar-refractivity contribution in [3.05, 3.63) is 42.4 Å². The zero-order chi connectivity index (χ0) is 17.3. The van der Waals surface area contributed by atoms with Crippen molar-refractivity contribution in [2.45, 2.75) is 0 Å². The van der Waals surface area contributed by atoms with E-state index < -0.39 is 0 Å². The van der Waals surface area contributed by atoms with Gasteiger partial charge < -0.3 is 15.6 Å². The van der Waals surface area contributed by atoms with Gasteiger partial charge in [-0.05, 0) is 23.9 Å².